The van der Waals surface area contributed by atoms with E-state index in [1.807, 2.05) is 67.7 Å². The molecule has 32 heavy (non-hydrogen) atoms. The van der Waals surface area contributed by atoms with E-state index in [0.29, 0.717) is 17.7 Å². The van der Waals surface area contributed by atoms with Crippen LogP contribution in [0, 0.1) is 18.3 Å². The number of carbonyl (C=O) groups is 1. The number of rotatable bonds is 6. The average Bonchev–Trinajstić information content (AvgIpc) is 3.12. The number of ether oxygens (including phenoxy) is 1. The predicted molar refractivity (Wildman–Crippen MR) is 124 cm³/mol. The molecule has 5 nitrogen and oxygen atoms in total. The van der Waals surface area contributed by atoms with Crippen molar-refractivity contribution < 1.29 is 9.53 Å². The molecule has 0 atom stereocenters. The number of pyridine rings is 1. The van der Waals surface area contributed by atoms with Crippen molar-refractivity contribution in [2.75, 3.05) is 6.61 Å². The van der Waals surface area contributed by atoms with Crippen molar-refractivity contribution in [1.82, 2.24) is 9.55 Å². The molecule has 2 aromatic heterocycles. The Labute approximate surface area is 187 Å². The van der Waals surface area contributed by atoms with Crippen LogP contribution in [0.1, 0.15) is 34.1 Å². The highest BCUT2D eigenvalue weighted by Gasteiger charge is 2.28. The van der Waals surface area contributed by atoms with Gasteiger partial charge in [-0.05, 0) is 48.7 Å². The Morgan fingerprint density at radius 2 is 1.78 bits per heavy atom. The van der Waals surface area contributed by atoms with Gasteiger partial charge in [0.15, 0.2) is 0 Å². The van der Waals surface area contributed by atoms with Gasteiger partial charge < -0.3 is 9.30 Å². The molecule has 0 radical (unpaired) electrons. The maximum Gasteiger partial charge on any atom is 0.340 e. The van der Waals surface area contributed by atoms with Crippen LogP contribution in [-0.4, -0.2) is 22.1 Å². The van der Waals surface area contributed by atoms with E-state index in [1.54, 1.807) is 25.3 Å². The predicted octanol–water partition coefficient (Wildman–Crippen LogP) is 5.62. The minimum absolute atomic E-state index is 0.284. The van der Waals surface area contributed by atoms with E-state index < -0.39 is 0 Å². The van der Waals surface area contributed by atoms with Crippen molar-refractivity contribution in [2.45, 2.75) is 20.4 Å². The van der Waals surface area contributed by atoms with Gasteiger partial charge in [0, 0.05) is 30.2 Å². The number of nitrogens with zero attached hydrogens (tertiary/aromatic N) is 3. The van der Waals surface area contributed by atoms with Crippen LogP contribution >= 0.6 is 0 Å². The second kappa shape index (κ2) is 9.32. The van der Waals surface area contributed by atoms with E-state index in [0.717, 1.165) is 33.6 Å². The lowest BCUT2D eigenvalue weighted by Crippen LogP contribution is -2.09. The topological polar surface area (TPSA) is 67.9 Å². The lowest BCUT2D eigenvalue weighted by atomic mass is 9.97. The van der Waals surface area contributed by atoms with Crippen LogP contribution < -0.4 is 0 Å². The normalized spacial score (nSPS) is 10.5. The molecular weight excluding hydrogens is 398 g/mol. The summed E-state index contributed by atoms with van der Waals surface area (Å²) in [6.45, 7) is 4.67. The van der Waals surface area contributed by atoms with Gasteiger partial charge in [-0.3, -0.25) is 4.98 Å². The molecule has 0 bridgehead atoms. The maximum atomic E-state index is 13.3. The van der Waals surface area contributed by atoms with Crippen LogP contribution in [0.5, 0.6) is 0 Å². The van der Waals surface area contributed by atoms with Crippen molar-refractivity contribution in [3.05, 3.63) is 102 Å². The molecule has 4 rings (SSSR count). The summed E-state index contributed by atoms with van der Waals surface area (Å²) in [7, 11) is 0. The third kappa shape index (κ3) is 4.03. The second-order valence-electron chi connectivity index (χ2n) is 7.41. The quantitative estimate of drug-likeness (QED) is 0.379. The van der Waals surface area contributed by atoms with Crippen molar-refractivity contribution >= 4 is 5.97 Å². The van der Waals surface area contributed by atoms with Crippen LogP contribution in [0.15, 0.2) is 79.1 Å². The lowest BCUT2D eigenvalue weighted by Gasteiger charge is -2.13. The Balaban J connectivity index is 2.02. The fourth-order valence-electron chi connectivity index (χ4n) is 3.97. The minimum Gasteiger partial charge on any atom is -0.462 e. The summed E-state index contributed by atoms with van der Waals surface area (Å²) in [6, 6.07) is 23.3. The molecule has 0 saturated heterocycles. The summed E-state index contributed by atoms with van der Waals surface area (Å²) in [5, 5.41) is 9.19. The van der Waals surface area contributed by atoms with Gasteiger partial charge in [0.25, 0.3) is 0 Å². The van der Waals surface area contributed by atoms with Gasteiger partial charge in [-0.25, -0.2) is 4.79 Å². The molecule has 2 heterocycles. The highest BCUT2D eigenvalue weighted by molar-refractivity contribution is 6.05. The summed E-state index contributed by atoms with van der Waals surface area (Å²) in [4.78, 5) is 17.5. The molecule has 0 aliphatic rings. The van der Waals surface area contributed by atoms with E-state index in [9.17, 15) is 10.1 Å². The number of hydrogen-bond acceptors (Lipinski definition) is 4. The molecule has 158 valence electrons. The zero-order valence-corrected chi connectivity index (χ0v) is 18.1. The molecule has 0 aliphatic carbocycles. The Morgan fingerprint density at radius 1 is 1.03 bits per heavy atom. The molecule has 0 amide bonds. The van der Waals surface area contributed by atoms with Crippen LogP contribution in [-0.2, 0) is 11.3 Å². The fraction of sp³-hybridized carbons (Fsp3) is 0.148. The van der Waals surface area contributed by atoms with Crippen LogP contribution in [0.2, 0.25) is 0 Å². The fourth-order valence-corrected chi connectivity index (χ4v) is 3.97. The highest BCUT2D eigenvalue weighted by Crippen LogP contribution is 2.39. The largest absolute Gasteiger partial charge is 0.462 e. The Hall–Kier alpha value is -4.17. The van der Waals surface area contributed by atoms with E-state index in [4.69, 9.17) is 4.74 Å². The number of aromatic nitrogens is 2. The molecule has 0 aliphatic heterocycles. The molecule has 0 unspecified atom stereocenters. The minimum atomic E-state index is -0.362. The number of esters is 1. The highest BCUT2D eigenvalue weighted by atomic mass is 16.5. The van der Waals surface area contributed by atoms with Gasteiger partial charge in [-0.1, -0.05) is 48.5 Å². The van der Waals surface area contributed by atoms with Crippen molar-refractivity contribution in [1.29, 1.82) is 5.26 Å². The Kier molecular flexibility index (Phi) is 6.14. The smallest absolute Gasteiger partial charge is 0.340 e. The Morgan fingerprint density at radius 3 is 2.41 bits per heavy atom. The summed E-state index contributed by atoms with van der Waals surface area (Å²) < 4.78 is 7.64. The van der Waals surface area contributed by atoms with E-state index in [-0.39, 0.29) is 12.6 Å². The summed E-state index contributed by atoms with van der Waals surface area (Å²) >= 11 is 0. The Bertz CT molecular complexity index is 1270. The van der Waals surface area contributed by atoms with Gasteiger partial charge in [0.05, 0.1) is 29.5 Å². The first-order chi connectivity index (χ1) is 15.6. The molecular formula is C27H23N3O2. The van der Waals surface area contributed by atoms with Gasteiger partial charge in [0.2, 0.25) is 0 Å². The summed E-state index contributed by atoms with van der Waals surface area (Å²) in [5.74, 6) is -0.362. The monoisotopic (exact) mass is 421 g/mol. The molecule has 0 saturated carbocycles. The van der Waals surface area contributed by atoms with E-state index >= 15 is 0 Å². The molecule has 0 N–H and O–H groups in total. The van der Waals surface area contributed by atoms with Crippen LogP contribution in [0.3, 0.4) is 0 Å². The third-order valence-electron chi connectivity index (χ3n) is 5.42. The van der Waals surface area contributed by atoms with Gasteiger partial charge >= 0.3 is 5.97 Å². The zero-order chi connectivity index (χ0) is 22.5. The van der Waals surface area contributed by atoms with E-state index in [1.165, 1.54) is 0 Å². The lowest BCUT2D eigenvalue weighted by molar-refractivity contribution is 0.0528. The summed E-state index contributed by atoms with van der Waals surface area (Å²) in [5.41, 5.74) is 6.51. The molecule has 5 heteroatoms. The first-order valence-corrected chi connectivity index (χ1v) is 10.5. The zero-order valence-electron chi connectivity index (χ0n) is 18.1. The summed E-state index contributed by atoms with van der Waals surface area (Å²) in [6.07, 6.45) is 3.58. The molecule has 2 aromatic carbocycles. The SMILES string of the molecule is CCOC(=O)c1c(-c2ccc(C#N)cc2)c(C)n(Cc2cccnc2)c1-c1ccccc1. The van der Waals surface area contributed by atoms with Crippen molar-refractivity contribution in [3.8, 4) is 28.5 Å². The van der Waals surface area contributed by atoms with Gasteiger partial charge in [-0.15, -0.1) is 0 Å². The third-order valence-corrected chi connectivity index (χ3v) is 5.42. The average molecular weight is 422 g/mol. The van der Waals surface area contributed by atoms with Gasteiger partial charge in [0.1, 0.15) is 0 Å². The maximum absolute atomic E-state index is 13.3. The van der Waals surface area contributed by atoms with Crippen LogP contribution in [0.4, 0.5) is 0 Å². The molecule has 0 spiro atoms. The number of benzene rings is 2. The number of carbonyl (C=O) groups excluding carboxylic acids is 1. The first kappa shape index (κ1) is 21.1. The number of nitriles is 1. The second-order valence-corrected chi connectivity index (χ2v) is 7.41. The van der Waals surface area contributed by atoms with Crippen molar-refractivity contribution in [2.24, 2.45) is 0 Å². The van der Waals surface area contributed by atoms with Crippen molar-refractivity contribution in [3.63, 3.8) is 0 Å². The van der Waals surface area contributed by atoms with Crippen LogP contribution in [0.25, 0.3) is 22.4 Å². The standard InChI is InChI=1S/C27H23N3O2/c1-3-32-27(31)25-24(22-13-11-20(16-28)12-14-22)19(2)30(18-21-8-7-15-29-17-21)26(25)23-9-5-4-6-10-23/h4-15,17H,3,18H2,1-2H3. The molecule has 4 aromatic rings. The van der Waals surface area contributed by atoms with E-state index in [2.05, 4.69) is 15.6 Å². The number of hydrogen-bond donors (Lipinski definition) is 0. The van der Waals surface area contributed by atoms with Gasteiger partial charge in [-0.2, -0.15) is 5.26 Å². The first-order valence-electron chi connectivity index (χ1n) is 10.5. The molecule has 0 fully saturated rings.